The zero-order valence-electron chi connectivity index (χ0n) is 15.7. The average Bonchev–Trinajstić information content (AvgIpc) is 3.32. The molecule has 0 unspecified atom stereocenters. The molecule has 0 atom stereocenters. The molecule has 2 heterocycles. The quantitative estimate of drug-likeness (QED) is 0.693. The van der Waals surface area contributed by atoms with Gasteiger partial charge >= 0.3 is 0 Å². The molecule has 1 N–H and O–H groups in total. The van der Waals surface area contributed by atoms with Crippen molar-refractivity contribution in [1.29, 1.82) is 0 Å². The minimum Gasteiger partial charge on any atom is -0.370 e. The average molecular weight is 364 g/mol. The summed E-state index contributed by atoms with van der Waals surface area (Å²) in [5, 5.41) is 15.2. The van der Waals surface area contributed by atoms with Crippen molar-refractivity contribution in [3.63, 3.8) is 0 Å². The van der Waals surface area contributed by atoms with Gasteiger partial charge in [-0.15, -0.1) is 12.3 Å². The molecule has 0 fully saturated rings. The lowest BCUT2D eigenvalue weighted by Crippen LogP contribution is -2.18. The molecule has 1 amide bonds. The van der Waals surface area contributed by atoms with Crippen LogP contribution in [0.15, 0.2) is 46.9 Å². The molecule has 140 valence electrons. The molecule has 1 aromatic carbocycles. The summed E-state index contributed by atoms with van der Waals surface area (Å²) in [5.74, 6) is 2.55. The molecule has 2 aromatic rings. The van der Waals surface area contributed by atoms with Gasteiger partial charge in [-0.2, -0.15) is 15.3 Å². The summed E-state index contributed by atoms with van der Waals surface area (Å²) < 4.78 is 1.79. The lowest BCUT2D eigenvalue weighted by molar-refractivity contribution is -0.116. The number of nitrogens with zero attached hydrogens (tertiary/aromatic N) is 5. The van der Waals surface area contributed by atoms with E-state index in [1.54, 1.807) is 4.68 Å². The Morgan fingerprint density at radius 2 is 2.04 bits per heavy atom. The lowest BCUT2D eigenvalue weighted by Gasteiger charge is -2.19. The van der Waals surface area contributed by atoms with Crippen molar-refractivity contribution < 1.29 is 4.79 Å². The predicted molar refractivity (Wildman–Crippen MR) is 105 cm³/mol. The molecule has 0 saturated heterocycles. The molecule has 7 heteroatoms. The molecule has 7 nitrogen and oxygen atoms in total. The monoisotopic (exact) mass is 364 g/mol. The SMILES string of the molecule is C#CCCC1(CCC(=O)Nc2ccc(N(C)Cc3cnn(C)c3)cc2)N=N1. The van der Waals surface area contributed by atoms with Crippen LogP contribution in [0.3, 0.4) is 0 Å². The first kappa shape index (κ1) is 18.6. The number of aryl methyl sites for hydroxylation is 1. The van der Waals surface area contributed by atoms with Gasteiger partial charge in [-0.1, -0.05) is 0 Å². The molecule has 1 aliphatic heterocycles. The number of nitrogens with one attached hydrogen (secondary N) is 1. The van der Waals surface area contributed by atoms with Crippen molar-refractivity contribution in [3.05, 3.63) is 42.2 Å². The summed E-state index contributed by atoms with van der Waals surface area (Å²) in [5.41, 5.74) is 2.58. The van der Waals surface area contributed by atoms with Crippen LogP contribution in [0.25, 0.3) is 0 Å². The highest BCUT2D eigenvalue weighted by molar-refractivity contribution is 5.90. The second-order valence-corrected chi connectivity index (χ2v) is 6.86. The molecular weight excluding hydrogens is 340 g/mol. The van der Waals surface area contributed by atoms with Crippen molar-refractivity contribution in [2.45, 2.75) is 37.9 Å². The highest BCUT2D eigenvalue weighted by atomic mass is 16.1. The minimum atomic E-state index is -0.414. The minimum absolute atomic E-state index is 0.0381. The molecule has 27 heavy (non-hydrogen) atoms. The highest BCUT2D eigenvalue weighted by Crippen LogP contribution is 2.37. The Balaban J connectivity index is 1.47. The van der Waals surface area contributed by atoms with Crippen LogP contribution in [0, 0.1) is 12.3 Å². The lowest BCUT2D eigenvalue weighted by atomic mass is 10.0. The van der Waals surface area contributed by atoms with Crippen LogP contribution >= 0.6 is 0 Å². The van der Waals surface area contributed by atoms with Crippen molar-refractivity contribution in [1.82, 2.24) is 9.78 Å². The molecule has 0 aliphatic carbocycles. The number of amides is 1. The number of carbonyl (C=O) groups is 1. The van der Waals surface area contributed by atoms with Gasteiger partial charge in [0.1, 0.15) is 0 Å². The van der Waals surface area contributed by atoms with Gasteiger partial charge in [-0.25, -0.2) is 0 Å². The number of hydrogen-bond donors (Lipinski definition) is 1. The van der Waals surface area contributed by atoms with E-state index < -0.39 is 5.66 Å². The molecular formula is C20H24N6O. The molecule has 3 rings (SSSR count). The van der Waals surface area contributed by atoms with Crippen LogP contribution in [0.1, 0.15) is 31.2 Å². The number of aromatic nitrogens is 2. The summed E-state index contributed by atoms with van der Waals surface area (Å²) in [6.07, 6.45) is 11.5. The zero-order valence-corrected chi connectivity index (χ0v) is 15.7. The Labute approximate surface area is 159 Å². The van der Waals surface area contributed by atoms with Gasteiger partial charge in [-0.05, 0) is 24.3 Å². The van der Waals surface area contributed by atoms with Crippen LogP contribution in [-0.2, 0) is 18.4 Å². The van der Waals surface area contributed by atoms with Gasteiger partial charge in [0.2, 0.25) is 5.91 Å². The van der Waals surface area contributed by atoms with Gasteiger partial charge in [0.15, 0.2) is 5.66 Å². The molecule has 1 aliphatic rings. The first-order chi connectivity index (χ1) is 13.0. The Bertz CT molecular complexity index is 855. The maximum atomic E-state index is 12.2. The maximum Gasteiger partial charge on any atom is 0.224 e. The van der Waals surface area contributed by atoms with Gasteiger partial charge in [-0.3, -0.25) is 9.48 Å². The van der Waals surface area contributed by atoms with Crippen LogP contribution in [0.2, 0.25) is 0 Å². The van der Waals surface area contributed by atoms with Crippen molar-refractivity contribution >= 4 is 17.3 Å². The van der Waals surface area contributed by atoms with E-state index in [0.29, 0.717) is 19.3 Å². The van der Waals surface area contributed by atoms with E-state index in [2.05, 4.69) is 31.5 Å². The number of hydrogen-bond acceptors (Lipinski definition) is 5. The largest absolute Gasteiger partial charge is 0.370 e. The third-order valence-electron chi connectivity index (χ3n) is 4.57. The fourth-order valence-electron chi connectivity index (χ4n) is 2.92. The molecule has 0 bridgehead atoms. The maximum absolute atomic E-state index is 12.2. The van der Waals surface area contributed by atoms with Gasteiger partial charge in [0.05, 0.1) is 6.20 Å². The summed E-state index contributed by atoms with van der Waals surface area (Å²) in [4.78, 5) is 14.3. The number of anilines is 2. The Morgan fingerprint density at radius 3 is 2.63 bits per heavy atom. The topological polar surface area (TPSA) is 74.9 Å². The summed E-state index contributed by atoms with van der Waals surface area (Å²) in [6.45, 7) is 0.770. The van der Waals surface area contributed by atoms with E-state index in [9.17, 15) is 4.79 Å². The second kappa shape index (κ2) is 8.04. The van der Waals surface area contributed by atoms with Gasteiger partial charge in [0, 0.05) is 69.5 Å². The number of carbonyl (C=O) groups excluding carboxylic acids is 1. The Kier molecular flexibility index (Phi) is 5.55. The van der Waals surface area contributed by atoms with E-state index in [1.165, 1.54) is 0 Å². The van der Waals surface area contributed by atoms with Gasteiger partial charge in [0.25, 0.3) is 0 Å². The molecule has 0 spiro atoms. The number of terminal acetylenes is 1. The zero-order chi connectivity index (χ0) is 19.3. The number of benzene rings is 1. The summed E-state index contributed by atoms with van der Waals surface area (Å²) >= 11 is 0. The predicted octanol–water partition coefficient (Wildman–Crippen LogP) is 3.35. The van der Waals surface area contributed by atoms with Crippen LogP contribution in [-0.4, -0.2) is 28.4 Å². The third kappa shape index (κ3) is 5.17. The first-order valence-electron chi connectivity index (χ1n) is 8.96. The smallest absolute Gasteiger partial charge is 0.224 e. The normalized spacial score (nSPS) is 13.8. The fraction of sp³-hybridized carbons (Fsp3) is 0.400. The third-order valence-corrected chi connectivity index (χ3v) is 4.57. The van der Waals surface area contributed by atoms with Crippen molar-refractivity contribution in [2.24, 2.45) is 17.3 Å². The van der Waals surface area contributed by atoms with Crippen molar-refractivity contribution in [2.75, 3.05) is 17.3 Å². The summed E-state index contributed by atoms with van der Waals surface area (Å²) in [6, 6.07) is 7.80. The van der Waals surface area contributed by atoms with E-state index >= 15 is 0 Å². The molecule has 0 radical (unpaired) electrons. The fourth-order valence-corrected chi connectivity index (χ4v) is 2.92. The Hall–Kier alpha value is -3.14. The summed E-state index contributed by atoms with van der Waals surface area (Å²) in [7, 11) is 3.93. The van der Waals surface area contributed by atoms with E-state index in [1.807, 2.05) is 50.8 Å². The van der Waals surface area contributed by atoms with Crippen LogP contribution in [0.5, 0.6) is 0 Å². The van der Waals surface area contributed by atoms with Gasteiger partial charge < -0.3 is 10.2 Å². The number of rotatable bonds is 9. The first-order valence-corrected chi connectivity index (χ1v) is 8.96. The Morgan fingerprint density at radius 1 is 1.30 bits per heavy atom. The molecule has 1 aromatic heterocycles. The van der Waals surface area contributed by atoms with Crippen LogP contribution in [0.4, 0.5) is 11.4 Å². The molecule has 0 saturated carbocycles. The van der Waals surface area contributed by atoms with Crippen LogP contribution < -0.4 is 10.2 Å². The van der Waals surface area contributed by atoms with E-state index in [0.717, 1.165) is 29.9 Å². The van der Waals surface area contributed by atoms with E-state index in [-0.39, 0.29) is 5.91 Å². The highest BCUT2D eigenvalue weighted by Gasteiger charge is 2.39. The van der Waals surface area contributed by atoms with Crippen molar-refractivity contribution in [3.8, 4) is 12.3 Å². The standard InChI is InChI=1S/C20H24N6O/c1-4-5-11-20(23-24-20)12-10-19(27)22-17-6-8-18(9-7-17)25(2)14-16-13-21-26(3)15-16/h1,6-9,13,15H,5,10-12,14H2,2-3H3,(H,22,27). The second-order valence-electron chi connectivity index (χ2n) is 6.86. The van der Waals surface area contributed by atoms with E-state index in [4.69, 9.17) is 6.42 Å².